The fraction of sp³-hybridized carbons (Fsp3) is 1.00. The van der Waals surface area contributed by atoms with E-state index in [2.05, 4.69) is 27.7 Å². The van der Waals surface area contributed by atoms with Crippen LogP contribution in [0.5, 0.6) is 0 Å². The summed E-state index contributed by atoms with van der Waals surface area (Å²) in [6, 6.07) is 0. The van der Waals surface area contributed by atoms with Gasteiger partial charge in [-0.15, -0.1) is 0 Å². The minimum Gasteiger partial charge on any atom is -0.280 e. The van der Waals surface area contributed by atoms with Crippen molar-refractivity contribution in [3.63, 3.8) is 0 Å². The molecule has 37 heavy (non-hydrogen) atoms. The van der Waals surface area contributed by atoms with E-state index in [9.17, 15) is 9.13 Å². The summed E-state index contributed by atoms with van der Waals surface area (Å²) in [5, 5.41) is 0. The predicted molar refractivity (Wildman–Crippen MR) is 155 cm³/mol. The average Bonchev–Trinajstić information content (AvgIpc) is 2.71. The molecule has 0 saturated carbocycles. The Morgan fingerprint density at radius 2 is 0.622 bits per heavy atom. The molecule has 0 radical (unpaired) electrons. The maximum absolute atomic E-state index is 14.4. The number of rotatable bonds is 22. The van der Waals surface area contributed by atoms with Crippen molar-refractivity contribution in [2.24, 2.45) is 0 Å². The van der Waals surface area contributed by atoms with Gasteiger partial charge in [0.15, 0.2) is 0 Å². The molecule has 0 aliphatic carbocycles. The summed E-state index contributed by atoms with van der Waals surface area (Å²) in [7, 11) is -8.80. The zero-order valence-electron chi connectivity index (χ0n) is 26.2. The van der Waals surface area contributed by atoms with E-state index in [-0.39, 0.29) is 0 Å². The summed E-state index contributed by atoms with van der Waals surface area (Å²) in [4.78, 5) is 0. The van der Waals surface area contributed by atoms with Gasteiger partial charge in [0.25, 0.3) is 0 Å². The third kappa shape index (κ3) is 16.8. The third-order valence-corrected chi connectivity index (χ3v) is 10.6. The Morgan fingerprint density at radius 3 is 0.784 bits per heavy atom. The van der Waals surface area contributed by atoms with Gasteiger partial charge in [-0.25, -0.2) is 9.13 Å². The molecule has 0 bridgehead atoms. The Labute approximate surface area is 229 Å². The van der Waals surface area contributed by atoms with Crippen LogP contribution < -0.4 is 0 Å². The molecular weight excluding hydrogens is 510 g/mol. The normalized spacial score (nSPS) is 14.4. The first kappa shape index (κ1) is 37.3. The SMILES string of the molecule is CCCCC(C)(C)OP(=O)(OC(C)(C)CCCC)OP(=O)(OC(C)(C)CCCC)OC(C)(C)CCCC. The van der Waals surface area contributed by atoms with Gasteiger partial charge >= 0.3 is 15.6 Å². The van der Waals surface area contributed by atoms with E-state index < -0.39 is 38.0 Å². The molecule has 0 unspecified atom stereocenters. The summed E-state index contributed by atoms with van der Waals surface area (Å²) in [5.74, 6) is 0. The van der Waals surface area contributed by atoms with Crippen molar-refractivity contribution in [3.05, 3.63) is 0 Å². The van der Waals surface area contributed by atoms with Crippen LogP contribution in [0.1, 0.15) is 160 Å². The summed E-state index contributed by atoms with van der Waals surface area (Å²) in [5.41, 5.74) is -3.31. The first-order valence-corrected chi connectivity index (χ1v) is 17.4. The van der Waals surface area contributed by atoms with Gasteiger partial charge in [0.1, 0.15) is 0 Å². The Hall–Kier alpha value is 0.260. The molecule has 0 N–H and O–H groups in total. The van der Waals surface area contributed by atoms with Crippen LogP contribution in [0.15, 0.2) is 0 Å². The summed E-state index contributed by atoms with van der Waals surface area (Å²) < 4.78 is 59.1. The molecular formula is C28H60O7P2. The van der Waals surface area contributed by atoms with Crippen LogP contribution in [0, 0.1) is 0 Å². The van der Waals surface area contributed by atoms with Crippen molar-refractivity contribution in [2.75, 3.05) is 0 Å². The van der Waals surface area contributed by atoms with E-state index in [1.54, 1.807) is 0 Å². The second kappa shape index (κ2) is 15.9. The van der Waals surface area contributed by atoms with E-state index >= 15 is 0 Å². The summed E-state index contributed by atoms with van der Waals surface area (Å²) in [6.07, 6.45) is 9.94. The van der Waals surface area contributed by atoms with Crippen LogP contribution in [0.2, 0.25) is 0 Å². The third-order valence-electron chi connectivity index (χ3n) is 6.17. The van der Waals surface area contributed by atoms with Gasteiger partial charge in [-0.2, -0.15) is 4.31 Å². The zero-order valence-corrected chi connectivity index (χ0v) is 28.0. The lowest BCUT2D eigenvalue weighted by atomic mass is 10.0. The standard InChI is InChI=1S/C28H60O7P2/c1-13-17-21-25(5,6)31-36(29,32-26(7,8)22-18-14-2)35-37(30,33-27(9,10)23-19-15-3)34-28(11,12)24-20-16-4/h13-24H2,1-12H3. The average molecular weight is 571 g/mol. The van der Waals surface area contributed by atoms with Crippen LogP contribution in [-0.2, 0) is 31.5 Å². The first-order valence-electron chi connectivity index (χ1n) is 14.5. The Balaban J connectivity index is 6.43. The number of hydrogen-bond donors (Lipinski definition) is 0. The molecule has 0 amide bonds. The summed E-state index contributed by atoms with van der Waals surface area (Å²) in [6.45, 7) is 23.2. The van der Waals surface area contributed by atoms with Crippen molar-refractivity contribution in [2.45, 2.75) is 183 Å². The first-order chi connectivity index (χ1) is 16.8. The fourth-order valence-corrected chi connectivity index (χ4v) is 8.40. The van der Waals surface area contributed by atoms with Gasteiger partial charge in [-0.3, -0.25) is 18.1 Å². The quantitative estimate of drug-likeness (QED) is 0.120. The maximum Gasteiger partial charge on any atom is 0.484 e. The van der Waals surface area contributed by atoms with Crippen molar-refractivity contribution in [1.82, 2.24) is 0 Å². The molecule has 0 aromatic rings. The van der Waals surface area contributed by atoms with Crippen LogP contribution >= 0.6 is 15.6 Å². The molecule has 0 aromatic carbocycles. The molecule has 224 valence electrons. The summed E-state index contributed by atoms with van der Waals surface area (Å²) >= 11 is 0. The molecule has 0 heterocycles. The number of phosphoric acid groups is 2. The topological polar surface area (TPSA) is 80.3 Å². The van der Waals surface area contributed by atoms with Crippen LogP contribution in [0.25, 0.3) is 0 Å². The fourth-order valence-electron chi connectivity index (χ4n) is 4.03. The lowest BCUT2D eigenvalue weighted by molar-refractivity contribution is -0.0297. The molecule has 0 fully saturated rings. The minimum absolute atomic E-state index is 0.644. The highest BCUT2D eigenvalue weighted by molar-refractivity contribution is 7.62. The van der Waals surface area contributed by atoms with E-state index in [1.807, 2.05) is 55.4 Å². The molecule has 7 nitrogen and oxygen atoms in total. The Bertz CT molecular complexity index is 620. The van der Waals surface area contributed by atoms with Crippen LogP contribution in [0.3, 0.4) is 0 Å². The van der Waals surface area contributed by atoms with Gasteiger partial charge in [-0.1, -0.05) is 79.1 Å². The van der Waals surface area contributed by atoms with Crippen molar-refractivity contribution in [1.29, 1.82) is 0 Å². The Morgan fingerprint density at radius 1 is 0.432 bits per heavy atom. The lowest BCUT2D eigenvalue weighted by Gasteiger charge is -2.38. The van der Waals surface area contributed by atoms with Gasteiger partial charge in [-0.05, 0) is 81.1 Å². The second-order valence-corrected chi connectivity index (χ2v) is 16.0. The molecule has 0 atom stereocenters. The monoisotopic (exact) mass is 570 g/mol. The highest BCUT2D eigenvalue weighted by atomic mass is 31.3. The van der Waals surface area contributed by atoms with E-state index in [4.69, 9.17) is 22.4 Å². The predicted octanol–water partition coefficient (Wildman–Crippen LogP) is 11.2. The molecule has 0 aliphatic rings. The zero-order chi connectivity index (χ0) is 29.0. The smallest absolute Gasteiger partial charge is 0.280 e. The molecule has 0 aromatic heterocycles. The van der Waals surface area contributed by atoms with E-state index in [0.717, 1.165) is 51.4 Å². The number of phosphoric ester groups is 2. The molecule has 9 heteroatoms. The van der Waals surface area contributed by atoms with Gasteiger partial charge in [0.2, 0.25) is 0 Å². The number of unbranched alkanes of at least 4 members (excludes halogenated alkanes) is 4. The Kier molecular flexibility index (Phi) is 16.0. The van der Waals surface area contributed by atoms with E-state index in [1.165, 1.54) is 0 Å². The van der Waals surface area contributed by atoms with Crippen molar-refractivity contribution >= 4 is 15.6 Å². The number of hydrogen-bond acceptors (Lipinski definition) is 7. The molecule has 0 aliphatic heterocycles. The van der Waals surface area contributed by atoms with Crippen molar-refractivity contribution in [3.8, 4) is 0 Å². The van der Waals surface area contributed by atoms with Gasteiger partial charge in [0.05, 0.1) is 22.4 Å². The lowest BCUT2D eigenvalue weighted by Crippen LogP contribution is -2.31. The van der Waals surface area contributed by atoms with Crippen molar-refractivity contribution < 1.29 is 31.5 Å². The molecule has 0 saturated heterocycles. The highest BCUT2D eigenvalue weighted by Gasteiger charge is 2.50. The largest absolute Gasteiger partial charge is 0.484 e. The second-order valence-electron chi connectivity index (χ2n) is 12.8. The molecule has 0 spiro atoms. The minimum atomic E-state index is -4.40. The highest BCUT2D eigenvalue weighted by Crippen LogP contribution is 2.71. The molecule has 0 rings (SSSR count). The van der Waals surface area contributed by atoms with E-state index in [0.29, 0.717) is 25.7 Å². The van der Waals surface area contributed by atoms with Gasteiger partial charge in [0, 0.05) is 0 Å². The van der Waals surface area contributed by atoms with Crippen LogP contribution in [0.4, 0.5) is 0 Å². The van der Waals surface area contributed by atoms with Crippen LogP contribution in [-0.4, -0.2) is 22.4 Å². The maximum atomic E-state index is 14.4. The van der Waals surface area contributed by atoms with Gasteiger partial charge < -0.3 is 0 Å².